The van der Waals surface area contributed by atoms with Crippen LogP contribution < -0.4 is 5.43 Å². The molecule has 0 amide bonds. The molecular formula is C26H20N2O2. The Labute approximate surface area is 175 Å². The molecule has 0 saturated heterocycles. The molecular weight excluding hydrogens is 372 g/mol. The molecule has 0 fully saturated rings. The first-order valence-electron chi connectivity index (χ1n) is 9.81. The lowest BCUT2D eigenvalue weighted by molar-refractivity contribution is 0.192. The number of hydrogen-bond acceptors (Lipinski definition) is 4. The fourth-order valence-corrected chi connectivity index (χ4v) is 3.50. The molecule has 2 N–H and O–H groups in total. The van der Waals surface area contributed by atoms with Gasteiger partial charge in [0.15, 0.2) is 0 Å². The van der Waals surface area contributed by atoms with Gasteiger partial charge in [-0.2, -0.15) is 0 Å². The van der Waals surface area contributed by atoms with Gasteiger partial charge in [-0.1, -0.05) is 78.9 Å². The third-order valence-electron chi connectivity index (χ3n) is 5.17. The van der Waals surface area contributed by atoms with Crippen molar-refractivity contribution in [2.45, 2.75) is 6.23 Å². The molecule has 146 valence electrons. The highest BCUT2D eigenvalue weighted by Gasteiger charge is 2.22. The Kier molecular flexibility index (Phi) is 4.66. The van der Waals surface area contributed by atoms with Crippen LogP contribution in [-0.4, -0.2) is 11.0 Å². The van der Waals surface area contributed by atoms with Gasteiger partial charge in [-0.25, -0.2) is 0 Å². The van der Waals surface area contributed by atoms with Crippen molar-refractivity contribution in [3.8, 4) is 28.0 Å². The van der Waals surface area contributed by atoms with E-state index in [1.807, 2.05) is 54.6 Å². The minimum Gasteiger partial charge on any atom is -0.508 e. The van der Waals surface area contributed by atoms with Gasteiger partial charge in [-0.15, -0.1) is 5.10 Å². The molecule has 1 unspecified atom stereocenters. The lowest BCUT2D eigenvalue weighted by atomic mass is 10.0. The summed E-state index contributed by atoms with van der Waals surface area (Å²) in [5.41, 5.74) is 9.48. The summed E-state index contributed by atoms with van der Waals surface area (Å²) in [6.45, 7) is 0. The Morgan fingerprint density at radius 1 is 0.600 bits per heavy atom. The Hall–Kier alpha value is -4.05. The minimum absolute atomic E-state index is 0.262. The fourth-order valence-electron chi connectivity index (χ4n) is 3.50. The smallest absolute Gasteiger partial charge is 0.240 e. The number of nitrogens with zero attached hydrogens (tertiary/aromatic N) is 1. The third-order valence-corrected chi connectivity index (χ3v) is 5.17. The minimum atomic E-state index is -0.304. The third kappa shape index (κ3) is 3.63. The molecule has 0 bridgehead atoms. The molecule has 4 nitrogen and oxygen atoms in total. The highest BCUT2D eigenvalue weighted by Crippen LogP contribution is 2.27. The van der Waals surface area contributed by atoms with Crippen molar-refractivity contribution in [3.63, 3.8) is 0 Å². The molecule has 0 radical (unpaired) electrons. The maximum Gasteiger partial charge on any atom is 0.240 e. The number of nitrogens with one attached hydrogen (secondary N) is 1. The first-order valence-corrected chi connectivity index (χ1v) is 9.81. The van der Waals surface area contributed by atoms with Crippen LogP contribution >= 0.6 is 0 Å². The molecule has 1 aliphatic heterocycles. The first kappa shape index (κ1) is 18.0. The summed E-state index contributed by atoms with van der Waals surface area (Å²) >= 11 is 0. The average molecular weight is 392 g/mol. The Balaban J connectivity index is 1.28. The van der Waals surface area contributed by atoms with Gasteiger partial charge in [0.1, 0.15) is 5.75 Å². The van der Waals surface area contributed by atoms with Crippen molar-refractivity contribution < 1.29 is 9.84 Å². The van der Waals surface area contributed by atoms with Crippen LogP contribution in [-0.2, 0) is 4.74 Å². The zero-order valence-electron chi connectivity index (χ0n) is 16.2. The van der Waals surface area contributed by atoms with Crippen LogP contribution in [0.1, 0.15) is 17.4 Å². The van der Waals surface area contributed by atoms with Gasteiger partial charge in [-0.3, -0.25) is 5.43 Å². The van der Waals surface area contributed by atoms with Gasteiger partial charge < -0.3 is 9.84 Å². The van der Waals surface area contributed by atoms with Gasteiger partial charge in [0, 0.05) is 11.1 Å². The predicted molar refractivity (Wildman–Crippen MR) is 119 cm³/mol. The maximum absolute atomic E-state index is 9.44. The summed E-state index contributed by atoms with van der Waals surface area (Å²) in [6, 6.07) is 33.8. The molecule has 4 aromatic carbocycles. The fraction of sp³-hybridized carbons (Fsp3) is 0.0385. The zero-order chi connectivity index (χ0) is 20.3. The lowest BCUT2D eigenvalue weighted by Gasteiger charge is -2.12. The molecule has 4 heteroatoms. The Morgan fingerprint density at radius 2 is 1.10 bits per heavy atom. The molecule has 5 rings (SSSR count). The molecule has 0 aromatic heterocycles. The Bertz CT molecular complexity index is 1170. The van der Waals surface area contributed by atoms with Crippen LogP contribution in [0.4, 0.5) is 0 Å². The predicted octanol–water partition coefficient (Wildman–Crippen LogP) is 5.71. The van der Waals surface area contributed by atoms with Gasteiger partial charge in [0.2, 0.25) is 12.1 Å². The van der Waals surface area contributed by atoms with E-state index in [1.54, 1.807) is 12.1 Å². The SMILES string of the molecule is Oc1ccc(-c2ccc(C3=NNC(c4ccc(-c5ccccc5)cc4)O3)cc2)cc1. The van der Waals surface area contributed by atoms with Crippen molar-refractivity contribution in [1.29, 1.82) is 0 Å². The van der Waals surface area contributed by atoms with Crippen molar-refractivity contribution in [2.75, 3.05) is 0 Å². The molecule has 0 spiro atoms. The monoisotopic (exact) mass is 392 g/mol. The summed E-state index contributed by atoms with van der Waals surface area (Å²) in [4.78, 5) is 0. The number of rotatable bonds is 4. The van der Waals surface area contributed by atoms with Crippen molar-refractivity contribution in [1.82, 2.24) is 5.43 Å². The second-order valence-corrected chi connectivity index (χ2v) is 7.16. The molecule has 30 heavy (non-hydrogen) atoms. The van der Waals surface area contributed by atoms with Crippen LogP contribution in [0.25, 0.3) is 22.3 Å². The largest absolute Gasteiger partial charge is 0.508 e. The number of phenols is 1. The van der Waals surface area contributed by atoms with Gasteiger partial charge in [0.25, 0.3) is 0 Å². The van der Waals surface area contributed by atoms with E-state index in [9.17, 15) is 5.11 Å². The van der Waals surface area contributed by atoms with Crippen LogP contribution in [0.2, 0.25) is 0 Å². The van der Waals surface area contributed by atoms with E-state index in [0.717, 1.165) is 22.3 Å². The van der Waals surface area contributed by atoms with E-state index in [0.29, 0.717) is 5.90 Å². The standard InChI is InChI=1S/C26H20N2O2/c29-24-16-14-21(15-17-24)20-8-12-23(13-9-20)26-28-27-25(30-26)22-10-6-19(7-11-22)18-4-2-1-3-5-18/h1-17,25,27,29H. The quantitative estimate of drug-likeness (QED) is 0.468. The topological polar surface area (TPSA) is 53.9 Å². The zero-order valence-corrected chi connectivity index (χ0v) is 16.2. The van der Waals surface area contributed by atoms with Gasteiger partial charge in [-0.05, 0) is 46.5 Å². The second kappa shape index (κ2) is 7.76. The Morgan fingerprint density at radius 3 is 1.73 bits per heavy atom. The molecule has 1 aliphatic rings. The molecule has 0 aliphatic carbocycles. The van der Waals surface area contributed by atoms with E-state index < -0.39 is 0 Å². The van der Waals surface area contributed by atoms with Crippen molar-refractivity contribution >= 4 is 5.90 Å². The average Bonchev–Trinajstić information content (AvgIpc) is 3.31. The number of benzene rings is 4. The van der Waals surface area contributed by atoms with Crippen LogP contribution in [0.3, 0.4) is 0 Å². The number of hydrazone groups is 1. The number of ether oxygens (including phenoxy) is 1. The number of phenolic OH excluding ortho intramolecular Hbond substituents is 1. The molecule has 1 heterocycles. The van der Waals surface area contributed by atoms with E-state index in [1.165, 1.54) is 11.1 Å². The first-order chi connectivity index (χ1) is 14.8. The summed E-state index contributed by atoms with van der Waals surface area (Å²) in [6.07, 6.45) is -0.304. The van der Waals surface area contributed by atoms with E-state index in [-0.39, 0.29) is 12.0 Å². The van der Waals surface area contributed by atoms with Crippen LogP contribution in [0.15, 0.2) is 108 Å². The van der Waals surface area contributed by atoms with Crippen molar-refractivity contribution in [2.24, 2.45) is 5.10 Å². The summed E-state index contributed by atoms with van der Waals surface area (Å²) in [5, 5.41) is 13.8. The van der Waals surface area contributed by atoms with Gasteiger partial charge >= 0.3 is 0 Å². The van der Waals surface area contributed by atoms with Gasteiger partial charge in [0.05, 0.1) is 0 Å². The summed E-state index contributed by atoms with van der Waals surface area (Å²) in [5.74, 6) is 0.836. The summed E-state index contributed by atoms with van der Waals surface area (Å²) < 4.78 is 6.05. The van der Waals surface area contributed by atoms with E-state index in [4.69, 9.17) is 4.74 Å². The lowest BCUT2D eigenvalue weighted by Crippen LogP contribution is -2.12. The van der Waals surface area contributed by atoms with Crippen molar-refractivity contribution in [3.05, 3.63) is 114 Å². The maximum atomic E-state index is 9.44. The number of aromatic hydroxyl groups is 1. The summed E-state index contributed by atoms with van der Waals surface area (Å²) in [7, 11) is 0. The molecule has 0 saturated carbocycles. The normalized spacial score (nSPS) is 15.2. The van der Waals surface area contributed by atoms with Crippen LogP contribution in [0, 0.1) is 0 Å². The number of hydrogen-bond donors (Lipinski definition) is 2. The molecule has 4 aromatic rings. The van der Waals surface area contributed by atoms with E-state index in [2.05, 4.69) is 46.9 Å². The van der Waals surface area contributed by atoms with E-state index >= 15 is 0 Å². The second-order valence-electron chi connectivity index (χ2n) is 7.16. The molecule has 1 atom stereocenters. The van der Waals surface area contributed by atoms with Crippen LogP contribution in [0.5, 0.6) is 5.75 Å². The highest BCUT2D eigenvalue weighted by atomic mass is 16.5. The highest BCUT2D eigenvalue weighted by molar-refractivity contribution is 5.95.